The maximum absolute atomic E-state index is 13.3. The molecular weight excluding hydrogens is 250 g/mol. The lowest BCUT2D eigenvalue weighted by atomic mass is 9.99. The Balaban J connectivity index is 2.22. The molecule has 19 heavy (non-hydrogen) atoms. The van der Waals surface area contributed by atoms with E-state index in [1.165, 1.54) is 12.1 Å². The van der Waals surface area contributed by atoms with Crippen LogP contribution in [0.15, 0.2) is 30.3 Å². The monoisotopic (exact) mass is 258 g/mol. The SMILES string of the molecule is C#Cc1cc2c(cc1-c1cc(F)cc(F)c1)OCO2. The zero-order valence-electron chi connectivity index (χ0n) is 9.74. The number of benzene rings is 2. The van der Waals surface area contributed by atoms with Gasteiger partial charge in [-0.25, -0.2) is 8.78 Å². The van der Waals surface area contributed by atoms with Crippen molar-refractivity contribution >= 4 is 0 Å². The van der Waals surface area contributed by atoms with Gasteiger partial charge in [-0.15, -0.1) is 6.42 Å². The van der Waals surface area contributed by atoms with Gasteiger partial charge in [0.1, 0.15) is 11.6 Å². The molecule has 0 saturated heterocycles. The smallest absolute Gasteiger partial charge is 0.231 e. The molecule has 0 N–H and O–H groups in total. The van der Waals surface area contributed by atoms with Crippen molar-refractivity contribution in [3.8, 4) is 35.0 Å². The molecule has 0 saturated carbocycles. The van der Waals surface area contributed by atoms with Gasteiger partial charge >= 0.3 is 0 Å². The molecule has 4 heteroatoms. The van der Waals surface area contributed by atoms with Crippen LogP contribution in [0, 0.1) is 24.0 Å². The van der Waals surface area contributed by atoms with Crippen molar-refractivity contribution in [2.75, 3.05) is 6.79 Å². The molecule has 0 unspecified atom stereocenters. The summed E-state index contributed by atoms with van der Waals surface area (Å²) in [6.07, 6.45) is 5.42. The van der Waals surface area contributed by atoms with E-state index in [-0.39, 0.29) is 6.79 Å². The zero-order valence-corrected chi connectivity index (χ0v) is 9.74. The van der Waals surface area contributed by atoms with Crippen LogP contribution in [0.5, 0.6) is 11.5 Å². The standard InChI is InChI=1S/C15H8F2O2/c1-2-9-5-14-15(19-8-18-14)7-13(9)10-3-11(16)6-12(17)4-10/h1,3-7H,8H2. The highest BCUT2D eigenvalue weighted by Gasteiger charge is 2.18. The third kappa shape index (κ3) is 2.00. The molecule has 0 atom stereocenters. The molecule has 2 nitrogen and oxygen atoms in total. The molecule has 3 rings (SSSR count). The van der Waals surface area contributed by atoms with Crippen molar-refractivity contribution in [1.29, 1.82) is 0 Å². The Hall–Kier alpha value is -2.54. The van der Waals surface area contributed by atoms with Crippen molar-refractivity contribution in [2.45, 2.75) is 0 Å². The van der Waals surface area contributed by atoms with E-state index in [1.807, 2.05) is 0 Å². The average Bonchev–Trinajstić information content (AvgIpc) is 2.83. The molecule has 0 spiro atoms. The first kappa shape index (κ1) is 11.5. The van der Waals surface area contributed by atoms with Crippen molar-refractivity contribution in [1.82, 2.24) is 0 Å². The van der Waals surface area contributed by atoms with Gasteiger partial charge in [0.25, 0.3) is 0 Å². The van der Waals surface area contributed by atoms with Crippen LogP contribution in [-0.4, -0.2) is 6.79 Å². The minimum Gasteiger partial charge on any atom is -0.454 e. The predicted molar refractivity (Wildman–Crippen MR) is 65.9 cm³/mol. The summed E-state index contributed by atoms with van der Waals surface area (Å²) < 4.78 is 37.0. The summed E-state index contributed by atoms with van der Waals surface area (Å²) in [5.41, 5.74) is 1.39. The predicted octanol–water partition coefficient (Wildman–Crippen LogP) is 3.34. The maximum atomic E-state index is 13.3. The first-order valence-electron chi connectivity index (χ1n) is 5.54. The molecule has 0 radical (unpaired) electrons. The highest BCUT2D eigenvalue weighted by atomic mass is 19.1. The number of rotatable bonds is 1. The van der Waals surface area contributed by atoms with E-state index in [0.717, 1.165) is 6.07 Å². The molecule has 2 aromatic rings. The van der Waals surface area contributed by atoms with Crippen LogP contribution < -0.4 is 9.47 Å². The molecule has 0 amide bonds. The minimum absolute atomic E-state index is 0.111. The van der Waals surface area contributed by atoms with Crippen molar-refractivity contribution in [3.05, 3.63) is 47.5 Å². The van der Waals surface area contributed by atoms with E-state index in [2.05, 4.69) is 5.92 Å². The quantitative estimate of drug-likeness (QED) is 0.730. The number of fused-ring (bicyclic) bond motifs is 1. The van der Waals surface area contributed by atoms with Gasteiger partial charge in [0.2, 0.25) is 6.79 Å². The Kier molecular flexibility index (Phi) is 2.60. The lowest BCUT2D eigenvalue weighted by molar-refractivity contribution is 0.174. The van der Waals surface area contributed by atoms with Gasteiger partial charge in [0.15, 0.2) is 11.5 Å². The summed E-state index contributed by atoms with van der Waals surface area (Å²) >= 11 is 0. The third-order valence-electron chi connectivity index (χ3n) is 2.84. The largest absolute Gasteiger partial charge is 0.454 e. The number of halogens is 2. The summed E-state index contributed by atoms with van der Waals surface area (Å²) in [5.74, 6) is 2.22. The minimum atomic E-state index is -0.657. The van der Waals surface area contributed by atoms with Gasteiger partial charge in [-0.2, -0.15) is 0 Å². The second kappa shape index (κ2) is 4.29. The van der Waals surface area contributed by atoms with Gasteiger partial charge in [0, 0.05) is 23.3 Å². The van der Waals surface area contributed by atoms with Crippen LogP contribution in [-0.2, 0) is 0 Å². The van der Waals surface area contributed by atoms with Gasteiger partial charge in [-0.3, -0.25) is 0 Å². The summed E-state index contributed by atoms with van der Waals surface area (Å²) in [4.78, 5) is 0. The van der Waals surface area contributed by atoms with Crippen molar-refractivity contribution in [3.63, 3.8) is 0 Å². The molecule has 1 aliphatic heterocycles. The van der Waals surface area contributed by atoms with Crippen LogP contribution in [0.1, 0.15) is 5.56 Å². The Morgan fingerprint density at radius 2 is 1.58 bits per heavy atom. The van der Waals surface area contributed by atoms with E-state index in [9.17, 15) is 8.78 Å². The molecule has 1 heterocycles. The number of terminal acetylenes is 1. The van der Waals surface area contributed by atoms with Crippen LogP contribution in [0.4, 0.5) is 8.78 Å². The number of hydrogen-bond donors (Lipinski definition) is 0. The molecular formula is C15H8F2O2. The summed E-state index contributed by atoms with van der Waals surface area (Å²) in [7, 11) is 0. The normalized spacial score (nSPS) is 12.3. The Bertz CT molecular complexity index is 682. The first-order chi connectivity index (χ1) is 9.17. The summed E-state index contributed by atoms with van der Waals surface area (Å²) in [6.45, 7) is 0.111. The molecule has 1 aliphatic rings. The first-order valence-corrected chi connectivity index (χ1v) is 5.54. The maximum Gasteiger partial charge on any atom is 0.231 e. The van der Waals surface area contributed by atoms with Crippen molar-refractivity contribution < 1.29 is 18.3 Å². The lowest BCUT2D eigenvalue weighted by Crippen LogP contribution is -1.92. The fourth-order valence-corrected chi connectivity index (χ4v) is 2.01. The summed E-state index contributed by atoms with van der Waals surface area (Å²) in [6, 6.07) is 6.52. The molecule has 0 fully saturated rings. The fraction of sp³-hybridized carbons (Fsp3) is 0.0667. The lowest BCUT2D eigenvalue weighted by Gasteiger charge is -2.07. The fourth-order valence-electron chi connectivity index (χ4n) is 2.01. The van der Waals surface area contributed by atoms with Crippen LogP contribution >= 0.6 is 0 Å². The third-order valence-corrected chi connectivity index (χ3v) is 2.84. The van der Waals surface area contributed by atoms with E-state index < -0.39 is 11.6 Å². The molecule has 2 aromatic carbocycles. The zero-order chi connectivity index (χ0) is 13.4. The van der Waals surface area contributed by atoms with Crippen LogP contribution in [0.3, 0.4) is 0 Å². The van der Waals surface area contributed by atoms with Gasteiger partial charge < -0.3 is 9.47 Å². The molecule has 94 valence electrons. The van der Waals surface area contributed by atoms with Crippen LogP contribution in [0.2, 0.25) is 0 Å². The molecule has 0 aromatic heterocycles. The molecule has 0 aliphatic carbocycles. The number of hydrogen-bond acceptors (Lipinski definition) is 2. The van der Waals surface area contributed by atoms with Gasteiger partial charge in [0.05, 0.1) is 0 Å². The van der Waals surface area contributed by atoms with Crippen LogP contribution in [0.25, 0.3) is 11.1 Å². The van der Waals surface area contributed by atoms with E-state index in [0.29, 0.717) is 28.2 Å². The highest BCUT2D eigenvalue weighted by molar-refractivity contribution is 5.75. The average molecular weight is 258 g/mol. The second-order valence-electron chi connectivity index (χ2n) is 4.05. The second-order valence-corrected chi connectivity index (χ2v) is 4.05. The topological polar surface area (TPSA) is 18.5 Å². The van der Waals surface area contributed by atoms with Crippen molar-refractivity contribution in [2.24, 2.45) is 0 Å². The van der Waals surface area contributed by atoms with E-state index >= 15 is 0 Å². The Morgan fingerprint density at radius 1 is 0.947 bits per heavy atom. The van der Waals surface area contributed by atoms with Gasteiger partial charge in [-0.05, 0) is 23.8 Å². The number of ether oxygens (including phenoxy) is 2. The van der Waals surface area contributed by atoms with Gasteiger partial charge in [-0.1, -0.05) is 5.92 Å². The van der Waals surface area contributed by atoms with E-state index in [1.54, 1.807) is 12.1 Å². The Labute approximate surface area is 108 Å². The Morgan fingerprint density at radius 3 is 2.21 bits per heavy atom. The molecule has 0 bridgehead atoms. The highest BCUT2D eigenvalue weighted by Crippen LogP contribution is 2.38. The summed E-state index contributed by atoms with van der Waals surface area (Å²) in [5, 5.41) is 0. The van der Waals surface area contributed by atoms with E-state index in [4.69, 9.17) is 15.9 Å².